The van der Waals surface area contributed by atoms with E-state index in [0.717, 1.165) is 123 Å². The van der Waals surface area contributed by atoms with E-state index >= 15 is 0 Å². The minimum atomic E-state index is -0.661. The summed E-state index contributed by atoms with van der Waals surface area (Å²) in [6.07, 6.45) is 21.6. The van der Waals surface area contributed by atoms with E-state index in [1.807, 2.05) is 29.8 Å². The van der Waals surface area contributed by atoms with Crippen molar-refractivity contribution in [3.8, 4) is 33.6 Å². The Hall–Kier alpha value is -5.74. The van der Waals surface area contributed by atoms with Crippen LogP contribution in [0.2, 0.25) is 0 Å². The molecule has 8 atom stereocenters. The molecule has 4 heterocycles. The number of carbonyl (C=O) groups is 4. The number of thioether (sulfide) groups is 2. The maximum Gasteiger partial charge on any atom is 0.407 e. The van der Waals surface area contributed by atoms with E-state index in [2.05, 4.69) is 86.2 Å². The Morgan fingerprint density at radius 2 is 1.07 bits per heavy atom. The lowest BCUT2D eigenvalue weighted by molar-refractivity contribution is -0.138. The molecule has 8 aliphatic rings. The molecule has 8 unspecified atom stereocenters. The summed E-state index contributed by atoms with van der Waals surface area (Å²) >= 11 is 3.32. The molecule has 0 spiro atoms. The Morgan fingerprint density at radius 1 is 0.608 bits per heavy atom. The highest BCUT2D eigenvalue weighted by Crippen LogP contribution is 2.48. The van der Waals surface area contributed by atoms with Crippen molar-refractivity contribution >= 4 is 47.5 Å². The number of carbonyl (C=O) groups excluding carboxylic acids is 4. The molecular formula is C58H72N8O6S2. The van der Waals surface area contributed by atoms with Gasteiger partial charge in [0, 0.05) is 17.6 Å². The molecule has 4 fully saturated rings. The number of rotatable bonds is 15. The summed E-state index contributed by atoms with van der Waals surface area (Å²) in [6.45, 7) is 0. The molecule has 392 valence electrons. The molecule has 6 aliphatic carbocycles. The smallest absolute Gasteiger partial charge is 0.407 e. The van der Waals surface area contributed by atoms with E-state index in [9.17, 15) is 19.2 Å². The van der Waals surface area contributed by atoms with E-state index in [0.29, 0.717) is 24.7 Å². The summed E-state index contributed by atoms with van der Waals surface area (Å²) in [5, 5.41) is 5.70. The number of aromatic amines is 2. The van der Waals surface area contributed by atoms with Crippen LogP contribution in [-0.2, 0) is 44.7 Å². The Balaban J connectivity index is 0.858. The second-order valence-corrected chi connectivity index (χ2v) is 23.1. The predicted octanol–water partition coefficient (Wildman–Crippen LogP) is 10.6. The second-order valence-electron chi connectivity index (χ2n) is 21.1. The third-order valence-corrected chi connectivity index (χ3v) is 18.1. The van der Waals surface area contributed by atoms with Crippen molar-refractivity contribution in [2.45, 2.75) is 139 Å². The summed E-state index contributed by atoms with van der Waals surface area (Å²) in [5.74, 6) is 3.80. The normalized spacial score (nSPS) is 23.0. The first-order valence-electron chi connectivity index (χ1n) is 26.9. The van der Waals surface area contributed by atoms with E-state index in [-0.39, 0.29) is 36.0 Å². The first-order chi connectivity index (χ1) is 36.1. The van der Waals surface area contributed by atoms with Crippen LogP contribution < -0.4 is 10.6 Å². The van der Waals surface area contributed by atoms with Crippen LogP contribution in [0.4, 0.5) is 9.59 Å². The molecule has 3 aromatic carbocycles. The molecule has 13 rings (SSSR count). The van der Waals surface area contributed by atoms with Gasteiger partial charge in [0.05, 0.1) is 50.1 Å². The van der Waals surface area contributed by atoms with Gasteiger partial charge in [-0.1, -0.05) is 80.3 Å². The van der Waals surface area contributed by atoms with Crippen molar-refractivity contribution in [3.63, 3.8) is 0 Å². The SMILES string of the molecule is COC(=O)NC(CCSC)C(=O)N1C(c2ncc(-c3ccc(-c4cc5ccc4CCc4ccc(c(-c6cnc(C7CC8CCCCC8N7C(=O)C(CCSC)NC(=O)OC)[nH]6)c4)CC5)cc3)[nH]2)CC2CCCCC21. The average molecular weight is 1040 g/mol. The van der Waals surface area contributed by atoms with Crippen LogP contribution in [0.1, 0.15) is 123 Å². The van der Waals surface area contributed by atoms with Crippen LogP contribution >= 0.6 is 23.5 Å². The molecule has 2 aromatic heterocycles. The largest absolute Gasteiger partial charge is 0.453 e. The number of amides is 4. The maximum absolute atomic E-state index is 14.5. The summed E-state index contributed by atoms with van der Waals surface area (Å²) in [4.78, 5) is 75.3. The third kappa shape index (κ3) is 11.0. The number of ether oxygens (including phenoxy) is 2. The van der Waals surface area contributed by atoms with E-state index in [1.54, 1.807) is 23.5 Å². The van der Waals surface area contributed by atoms with Gasteiger partial charge in [-0.05, 0) is 158 Å². The molecule has 74 heavy (non-hydrogen) atoms. The molecule has 4 amide bonds. The summed E-state index contributed by atoms with van der Waals surface area (Å²) < 4.78 is 9.89. The Labute approximate surface area is 444 Å². The Bertz CT molecular complexity index is 2800. The number of aryl methyl sites for hydroxylation is 4. The fourth-order valence-electron chi connectivity index (χ4n) is 13.0. The van der Waals surface area contributed by atoms with Crippen LogP contribution in [0.3, 0.4) is 0 Å². The van der Waals surface area contributed by atoms with Crippen molar-refractivity contribution in [1.82, 2.24) is 40.4 Å². The Morgan fingerprint density at radius 3 is 1.58 bits per heavy atom. The molecule has 14 nitrogen and oxygen atoms in total. The number of methoxy groups -OCH3 is 2. The first kappa shape index (κ1) is 51.7. The lowest BCUT2D eigenvalue weighted by atomic mass is 9.84. The highest BCUT2D eigenvalue weighted by Gasteiger charge is 2.49. The predicted molar refractivity (Wildman–Crippen MR) is 293 cm³/mol. The van der Waals surface area contributed by atoms with Crippen LogP contribution in [-0.4, -0.2) is 116 Å². The fourth-order valence-corrected chi connectivity index (χ4v) is 13.9. The van der Waals surface area contributed by atoms with Crippen LogP contribution in [0.5, 0.6) is 0 Å². The molecule has 4 N–H and O–H groups in total. The van der Waals surface area contributed by atoms with Crippen LogP contribution in [0.25, 0.3) is 33.6 Å². The quantitative estimate of drug-likeness (QED) is 0.0790. The van der Waals surface area contributed by atoms with Gasteiger partial charge in [0.15, 0.2) is 0 Å². The van der Waals surface area contributed by atoms with Gasteiger partial charge in [-0.25, -0.2) is 19.6 Å². The number of fused-ring (bicyclic) bond motifs is 2. The number of hydrogen-bond donors (Lipinski definition) is 4. The van der Waals surface area contributed by atoms with Gasteiger partial charge in [-0.2, -0.15) is 23.5 Å². The maximum atomic E-state index is 14.5. The highest BCUT2D eigenvalue weighted by molar-refractivity contribution is 7.98. The van der Waals surface area contributed by atoms with E-state index in [1.165, 1.54) is 60.4 Å². The lowest BCUT2D eigenvalue weighted by Crippen LogP contribution is -2.52. The number of hydrogen-bond acceptors (Lipinski definition) is 10. The van der Waals surface area contributed by atoms with Gasteiger partial charge in [0.2, 0.25) is 11.8 Å². The number of likely N-dealkylation sites (tertiary alicyclic amines) is 2. The topological polar surface area (TPSA) is 175 Å². The number of alkyl carbamates (subject to hydrolysis) is 2. The van der Waals surface area contributed by atoms with E-state index in [4.69, 9.17) is 19.4 Å². The van der Waals surface area contributed by atoms with Crippen molar-refractivity contribution in [2.75, 3.05) is 38.2 Å². The van der Waals surface area contributed by atoms with Crippen molar-refractivity contribution in [2.24, 2.45) is 11.8 Å². The van der Waals surface area contributed by atoms with Crippen LogP contribution in [0.15, 0.2) is 73.1 Å². The fraction of sp³-hybridized carbons (Fsp3) is 0.517. The third-order valence-electron chi connectivity index (χ3n) is 16.8. The number of benzene rings is 3. The standard InChI is InChI=1S/C58H72N8O6S2/c1-71-57(69)63-45(25-27-73-3)55(67)65-49-11-7-5-9-41(49)31-51(65)53-59-33-47(61-53)40-23-21-38(22-24-40)43-29-35-13-17-37(43)18-14-36-16-20-39(19-15-35)44(30-36)48-34-60-54(62-48)52-32-42-10-6-8-12-50(42)66(52)56(68)46(26-28-74-4)64-58(70)72-2/h13,16-17,20-24,29-30,33-34,41-42,45-46,49-52H,5-12,14-15,18-19,25-28,31-32H2,1-4H3,(H,59,61)(H,60,62)(H,63,69)(H,64,70). The average Bonchev–Trinajstić information content (AvgIpc) is 4.27. The highest BCUT2D eigenvalue weighted by atomic mass is 32.2. The summed E-state index contributed by atoms with van der Waals surface area (Å²) in [5.41, 5.74) is 11.6. The minimum absolute atomic E-state index is 0.0466. The molecule has 5 aromatic rings. The first-order valence-corrected chi connectivity index (χ1v) is 29.7. The van der Waals surface area contributed by atoms with Crippen molar-refractivity contribution < 1.29 is 28.7 Å². The molecule has 4 bridgehead atoms. The number of aromatic nitrogens is 4. The molecule has 2 saturated carbocycles. The van der Waals surface area contributed by atoms with Gasteiger partial charge < -0.3 is 39.9 Å². The molecule has 16 heteroatoms. The lowest BCUT2D eigenvalue weighted by Gasteiger charge is -2.36. The van der Waals surface area contributed by atoms with Gasteiger partial charge in [-0.3, -0.25) is 9.59 Å². The molecule has 2 saturated heterocycles. The van der Waals surface area contributed by atoms with Crippen molar-refractivity contribution in [1.29, 1.82) is 0 Å². The summed E-state index contributed by atoms with van der Waals surface area (Å²) in [7, 11) is 2.68. The van der Waals surface area contributed by atoms with Gasteiger partial charge in [0.25, 0.3) is 0 Å². The van der Waals surface area contributed by atoms with Gasteiger partial charge >= 0.3 is 12.2 Å². The number of nitrogens with one attached hydrogen (secondary N) is 4. The molecule has 2 aliphatic heterocycles. The zero-order chi connectivity index (χ0) is 51.3. The molecular weight excluding hydrogens is 969 g/mol. The van der Waals surface area contributed by atoms with Gasteiger partial charge in [-0.15, -0.1) is 0 Å². The number of H-pyrrole nitrogens is 2. The number of nitrogens with zero attached hydrogens (tertiary/aromatic N) is 4. The zero-order valence-electron chi connectivity index (χ0n) is 43.3. The zero-order valence-corrected chi connectivity index (χ0v) is 45.0. The van der Waals surface area contributed by atoms with Gasteiger partial charge in [0.1, 0.15) is 23.7 Å². The van der Waals surface area contributed by atoms with Crippen LogP contribution in [0, 0.1) is 11.8 Å². The summed E-state index contributed by atoms with van der Waals surface area (Å²) in [6, 6.07) is 21.2. The monoisotopic (exact) mass is 1040 g/mol. The number of imidazole rings is 2. The molecule has 0 radical (unpaired) electrons. The second kappa shape index (κ2) is 23.4. The van der Waals surface area contributed by atoms with E-state index < -0.39 is 24.3 Å². The Kier molecular flexibility index (Phi) is 16.4. The van der Waals surface area contributed by atoms with Crippen molar-refractivity contribution in [3.05, 3.63) is 107 Å². The minimum Gasteiger partial charge on any atom is -0.453 e.